The maximum absolute atomic E-state index is 12.3. The van der Waals surface area contributed by atoms with Gasteiger partial charge in [0.1, 0.15) is 5.75 Å². The highest BCUT2D eigenvalue weighted by Crippen LogP contribution is 2.28. The van der Waals surface area contributed by atoms with Gasteiger partial charge in [0.2, 0.25) is 0 Å². The van der Waals surface area contributed by atoms with E-state index in [9.17, 15) is 9.90 Å². The fraction of sp³-hybridized carbons (Fsp3) is 0.524. The van der Waals surface area contributed by atoms with Crippen LogP contribution in [0.2, 0.25) is 0 Å². The van der Waals surface area contributed by atoms with Gasteiger partial charge in [-0.15, -0.1) is 0 Å². The number of benzene rings is 1. The van der Waals surface area contributed by atoms with Crippen molar-refractivity contribution in [2.24, 2.45) is 5.92 Å². The summed E-state index contributed by atoms with van der Waals surface area (Å²) in [6, 6.07) is 7.36. The minimum absolute atomic E-state index is 0.0720. The molecule has 27 heavy (non-hydrogen) atoms. The number of ether oxygens (including phenoxy) is 1. The van der Waals surface area contributed by atoms with Gasteiger partial charge >= 0.3 is 0 Å². The standard InChI is InChI=1S/C21H28N2O3S/c1-14-18(12-15-6-4-3-5-7-15)22-21(23-20(14)25)27-13-19(24)16-8-10-17(26-2)11-9-16/h8-11,15,19,24H,3-7,12-13H2,1-2H3,(H,22,23,25). The minimum Gasteiger partial charge on any atom is -0.497 e. The third kappa shape index (κ3) is 5.36. The van der Waals surface area contributed by atoms with E-state index >= 15 is 0 Å². The van der Waals surface area contributed by atoms with Crippen LogP contribution >= 0.6 is 11.8 Å². The summed E-state index contributed by atoms with van der Waals surface area (Å²) in [7, 11) is 1.62. The Morgan fingerprint density at radius 1 is 1.26 bits per heavy atom. The van der Waals surface area contributed by atoms with Gasteiger partial charge < -0.3 is 14.8 Å². The summed E-state index contributed by atoms with van der Waals surface area (Å²) in [5.74, 6) is 1.83. The summed E-state index contributed by atoms with van der Waals surface area (Å²) in [5.41, 5.74) is 2.38. The number of rotatable bonds is 7. The number of nitrogens with one attached hydrogen (secondary N) is 1. The molecule has 0 radical (unpaired) electrons. The zero-order valence-corrected chi connectivity index (χ0v) is 16.8. The molecule has 146 valence electrons. The molecule has 1 aliphatic carbocycles. The van der Waals surface area contributed by atoms with Crippen LogP contribution in [0.15, 0.2) is 34.2 Å². The predicted molar refractivity (Wildman–Crippen MR) is 109 cm³/mol. The van der Waals surface area contributed by atoms with Crippen molar-refractivity contribution in [3.8, 4) is 5.75 Å². The van der Waals surface area contributed by atoms with E-state index in [1.165, 1.54) is 43.9 Å². The third-order valence-corrected chi connectivity index (χ3v) is 6.26. The third-order valence-electron chi connectivity index (χ3n) is 5.32. The van der Waals surface area contributed by atoms with Crippen LogP contribution in [-0.2, 0) is 6.42 Å². The molecule has 1 saturated carbocycles. The number of aromatic amines is 1. The highest BCUT2D eigenvalue weighted by Gasteiger charge is 2.18. The van der Waals surface area contributed by atoms with Gasteiger partial charge in [-0.1, -0.05) is 56.0 Å². The van der Waals surface area contributed by atoms with Crippen LogP contribution in [0.4, 0.5) is 0 Å². The largest absolute Gasteiger partial charge is 0.497 e. The number of aromatic nitrogens is 2. The summed E-state index contributed by atoms with van der Waals surface area (Å²) >= 11 is 1.38. The van der Waals surface area contributed by atoms with Crippen LogP contribution in [0.3, 0.4) is 0 Å². The van der Waals surface area contributed by atoms with E-state index in [1.54, 1.807) is 7.11 Å². The van der Waals surface area contributed by atoms with Crippen molar-refractivity contribution in [2.45, 2.75) is 56.7 Å². The van der Waals surface area contributed by atoms with Crippen molar-refractivity contribution in [3.05, 3.63) is 51.4 Å². The summed E-state index contributed by atoms with van der Waals surface area (Å²) in [6.07, 6.45) is 6.59. The van der Waals surface area contributed by atoms with Gasteiger partial charge in [0.25, 0.3) is 5.56 Å². The molecule has 5 nitrogen and oxygen atoms in total. The Bertz CT molecular complexity index is 798. The predicted octanol–water partition coefficient (Wildman–Crippen LogP) is 4.04. The monoisotopic (exact) mass is 388 g/mol. The van der Waals surface area contributed by atoms with E-state index in [0.29, 0.717) is 16.8 Å². The molecule has 1 atom stereocenters. The van der Waals surface area contributed by atoms with Gasteiger partial charge in [0, 0.05) is 11.3 Å². The molecule has 0 bridgehead atoms. The highest BCUT2D eigenvalue weighted by molar-refractivity contribution is 7.99. The molecule has 2 N–H and O–H groups in total. The average molecular weight is 389 g/mol. The van der Waals surface area contributed by atoms with Gasteiger partial charge in [0.15, 0.2) is 5.16 Å². The van der Waals surface area contributed by atoms with Crippen LogP contribution in [0.25, 0.3) is 0 Å². The summed E-state index contributed by atoms with van der Waals surface area (Å²) < 4.78 is 5.14. The zero-order chi connectivity index (χ0) is 19.2. The lowest BCUT2D eigenvalue weighted by molar-refractivity contribution is 0.204. The van der Waals surface area contributed by atoms with E-state index in [4.69, 9.17) is 9.72 Å². The molecule has 1 unspecified atom stereocenters. The highest BCUT2D eigenvalue weighted by atomic mass is 32.2. The van der Waals surface area contributed by atoms with Crippen molar-refractivity contribution in [2.75, 3.05) is 12.9 Å². The molecule has 0 aliphatic heterocycles. The van der Waals surface area contributed by atoms with Crippen LogP contribution in [0.5, 0.6) is 5.75 Å². The maximum atomic E-state index is 12.3. The first-order valence-corrected chi connectivity index (χ1v) is 10.6. The minimum atomic E-state index is -0.630. The van der Waals surface area contributed by atoms with E-state index in [-0.39, 0.29) is 5.56 Å². The second-order valence-electron chi connectivity index (χ2n) is 7.25. The van der Waals surface area contributed by atoms with Crippen molar-refractivity contribution >= 4 is 11.8 Å². The first kappa shape index (κ1) is 20.0. The number of H-pyrrole nitrogens is 1. The second kappa shape index (κ2) is 9.42. The normalized spacial score (nSPS) is 16.3. The van der Waals surface area contributed by atoms with Gasteiger partial charge in [-0.2, -0.15) is 0 Å². The fourth-order valence-electron chi connectivity index (χ4n) is 3.57. The quantitative estimate of drug-likeness (QED) is 0.553. The fourth-order valence-corrected chi connectivity index (χ4v) is 4.42. The van der Waals surface area contributed by atoms with Crippen molar-refractivity contribution in [1.29, 1.82) is 0 Å². The molecule has 6 heteroatoms. The first-order valence-electron chi connectivity index (χ1n) is 9.61. The van der Waals surface area contributed by atoms with Crippen molar-refractivity contribution < 1.29 is 9.84 Å². The zero-order valence-electron chi connectivity index (χ0n) is 16.0. The van der Waals surface area contributed by atoms with Crippen LogP contribution in [0, 0.1) is 12.8 Å². The number of hydrogen-bond donors (Lipinski definition) is 2. The van der Waals surface area contributed by atoms with E-state index < -0.39 is 6.10 Å². The molecule has 1 aromatic heterocycles. The lowest BCUT2D eigenvalue weighted by Gasteiger charge is -2.21. The van der Waals surface area contributed by atoms with Crippen molar-refractivity contribution in [1.82, 2.24) is 9.97 Å². The topological polar surface area (TPSA) is 75.2 Å². The second-order valence-corrected chi connectivity index (χ2v) is 8.26. The SMILES string of the molecule is COc1ccc(C(O)CSc2nc(CC3CCCCC3)c(C)c(=O)[nH]2)cc1. The van der Waals surface area contributed by atoms with E-state index in [1.807, 2.05) is 31.2 Å². The number of methoxy groups -OCH3 is 1. The maximum Gasteiger partial charge on any atom is 0.254 e. The molecule has 2 aromatic rings. The molecule has 0 spiro atoms. The molecular formula is C21H28N2O3S. The van der Waals surface area contributed by atoms with Crippen molar-refractivity contribution in [3.63, 3.8) is 0 Å². The number of nitrogens with zero attached hydrogens (tertiary/aromatic N) is 1. The molecule has 0 amide bonds. The lowest BCUT2D eigenvalue weighted by Crippen LogP contribution is -2.19. The van der Waals surface area contributed by atoms with Crippen LogP contribution < -0.4 is 10.3 Å². The summed E-state index contributed by atoms with van der Waals surface area (Å²) in [6.45, 7) is 1.85. The molecule has 1 heterocycles. The Balaban J connectivity index is 1.65. The van der Waals surface area contributed by atoms with E-state index in [2.05, 4.69) is 4.98 Å². The Labute approximate surface area is 164 Å². The van der Waals surface area contributed by atoms with E-state index in [0.717, 1.165) is 29.0 Å². The Morgan fingerprint density at radius 3 is 2.63 bits per heavy atom. The van der Waals surface area contributed by atoms with Crippen LogP contribution in [-0.4, -0.2) is 27.9 Å². The number of aliphatic hydroxyl groups is 1. The number of aliphatic hydroxyl groups excluding tert-OH is 1. The van der Waals surface area contributed by atoms with Gasteiger partial charge in [-0.05, 0) is 37.0 Å². The Morgan fingerprint density at radius 2 is 1.96 bits per heavy atom. The van der Waals surface area contributed by atoms with Gasteiger partial charge in [0.05, 0.1) is 18.9 Å². The Hall–Kier alpha value is -1.79. The molecule has 3 rings (SSSR count). The van der Waals surface area contributed by atoms with Gasteiger partial charge in [-0.3, -0.25) is 4.79 Å². The summed E-state index contributed by atoms with van der Waals surface area (Å²) in [4.78, 5) is 19.8. The first-order chi connectivity index (χ1) is 13.1. The molecule has 1 fully saturated rings. The number of thioether (sulfide) groups is 1. The van der Waals surface area contributed by atoms with Gasteiger partial charge in [-0.25, -0.2) is 4.98 Å². The molecule has 1 aliphatic rings. The molecule has 1 aromatic carbocycles. The average Bonchev–Trinajstić information content (AvgIpc) is 2.70. The molecule has 0 saturated heterocycles. The smallest absolute Gasteiger partial charge is 0.254 e. The van der Waals surface area contributed by atoms with Crippen LogP contribution in [0.1, 0.15) is 55.0 Å². The number of hydrogen-bond acceptors (Lipinski definition) is 5. The lowest BCUT2D eigenvalue weighted by atomic mass is 9.85. The molecular weight excluding hydrogens is 360 g/mol. The Kier molecular flexibility index (Phi) is 6.96. The summed E-state index contributed by atoms with van der Waals surface area (Å²) in [5, 5.41) is 11.0.